The van der Waals surface area contributed by atoms with Gasteiger partial charge in [-0.3, -0.25) is 0 Å². The van der Waals surface area contributed by atoms with Crippen LogP contribution in [0.2, 0.25) is 0 Å². The molecular weight excluding hydrogens is 184 g/mol. The Bertz CT molecular complexity index is 213. The molecule has 0 spiro atoms. The highest BCUT2D eigenvalue weighted by molar-refractivity contribution is 5.60. The zero-order chi connectivity index (χ0) is 10.8. The number of ether oxygens (including phenoxy) is 1. The molecule has 1 saturated heterocycles. The Morgan fingerprint density at radius 3 is 2.57 bits per heavy atom. The van der Waals surface area contributed by atoms with Crippen molar-refractivity contribution in [2.45, 2.75) is 38.8 Å². The third kappa shape index (κ3) is 3.93. The Balaban J connectivity index is 2.27. The van der Waals surface area contributed by atoms with E-state index in [1.165, 1.54) is 0 Å². The van der Waals surface area contributed by atoms with Gasteiger partial charge in [-0.2, -0.15) is 0 Å². The molecule has 1 fully saturated rings. The predicted molar refractivity (Wildman–Crippen MR) is 51.5 cm³/mol. The molecule has 1 heterocycles. The van der Waals surface area contributed by atoms with Gasteiger partial charge in [0.1, 0.15) is 5.60 Å². The van der Waals surface area contributed by atoms with Crippen molar-refractivity contribution in [3.8, 4) is 0 Å². The zero-order valence-corrected chi connectivity index (χ0v) is 8.95. The van der Waals surface area contributed by atoms with Gasteiger partial charge >= 0.3 is 6.16 Å². The molecule has 14 heavy (non-hydrogen) atoms. The summed E-state index contributed by atoms with van der Waals surface area (Å²) in [6.07, 6.45) is 0.189. The van der Waals surface area contributed by atoms with Gasteiger partial charge in [-0.1, -0.05) is 0 Å². The molecule has 0 saturated carbocycles. The number of nitrogens with zero attached hydrogens (tertiary/aromatic N) is 1. The molecule has 1 atom stereocenters. The summed E-state index contributed by atoms with van der Waals surface area (Å²) >= 11 is 0. The van der Waals surface area contributed by atoms with Crippen LogP contribution in [-0.4, -0.2) is 36.0 Å². The summed E-state index contributed by atoms with van der Waals surface area (Å²) in [6.45, 7) is 6.65. The van der Waals surface area contributed by atoms with Crippen molar-refractivity contribution in [2.75, 3.05) is 13.1 Å². The van der Waals surface area contributed by atoms with E-state index in [4.69, 9.17) is 15.3 Å². The predicted octanol–water partition coefficient (Wildman–Crippen LogP) is 0.886. The van der Waals surface area contributed by atoms with E-state index in [2.05, 4.69) is 0 Å². The van der Waals surface area contributed by atoms with Crippen LogP contribution in [0.4, 0.5) is 4.79 Å². The average molecular weight is 202 g/mol. The Morgan fingerprint density at radius 1 is 1.50 bits per heavy atom. The molecule has 0 aromatic heterocycles. The van der Waals surface area contributed by atoms with Crippen molar-refractivity contribution in [3.05, 3.63) is 0 Å². The van der Waals surface area contributed by atoms with Gasteiger partial charge in [-0.05, 0) is 27.2 Å². The topological polar surface area (TPSA) is 64.8 Å². The molecule has 0 aromatic carbocycles. The Kier molecular flexibility index (Phi) is 3.34. The summed E-state index contributed by atoms with van der Waals surface area (Å²) in [5.74, 6) is 0. The number of carbonyl (C=O) groups is 1. The third-order valence-corrected chi connectivity index (χ3v) is 1.78. The van der Waals surface area contributed by atoms with Crippen molar-refractivity contribution in [1.82, 2.24) is 5.06 Å². The SMILES string of the molecule is CC(C)(C)OC(=O)ON1CCC(N)C1. The molecule has 0 amide bonds. The van der Waals surface area contributed by atoms with Crippen LogP contribution >= 0.6 is 0 Å². The van der Waals surface area contributed by atoms with Crippen LogP contribution in [0.15, 0.2) is 0 Å². The molecule has 0 aromatic rings. The van der Waals surface area contributed by atoms with Gasteiger partial charge in [0.25, 0.3) is 0 Å². The van der Waals surface area contributed by atoms with Crippen molar-refractivity contribution < 1.29 is 14.4 Å². The molecule has 0 radical (unpaired) electrons. The molecule has 1 aliphatic heterocycles. The van der Waals surface area contributed by atoms with Gasteiger partial charge < -0.3 is 15.3 Å². The standard InChI is InChI=1S/C9H18N2O3/c1-9(2,3)13-8(12)14-11-5-4-7(10)6-11/h7H,4-6,10H2,1-3H3. The van der Waals surface area contributed by atoms with Gasteiger partial charge in [-0.25, -0.2) is 4.79 Å². The van der Waals surface area contributed by atoms with Crippen molar-refractivity contribution >= 4 is 6.16 Å². The van der Waals surface area contributed by atoms with Gasteiger partial charge in [0, 0.05) is 12.6 Å². The number of rotatable bonds is 1. The second-order valence-electron chi connectivity index (χ2n) is 4.49. The number of hydrogen-bond acceptors (Lipinski definition) is 5. The van der Waals surface area contributed by atoms with Crippen LogP contribution in [0.5, 0.6) is 0 Å². The fraction of sp³-hybridized carbons (Fsp3) is 0.889. The van der Waals surface area contributed by atoms with E-state index in [0.717, 1.165) is 6.42 Å². The highest BCUT2D eigenvalue weighted by Crippen LogP contribution is 2.12. The number of nitrogens with two attached hydrogens (primary N) is 1. The average Bonchev–Trinajstić information content (AvgIpc) is 2.30. The molecule has 2 N–H and O–H groups in total. The van der Waals surface area contributed by atoms with E-state index in [-0.39, 0.29) is 6.04 Å². The molecule has 5 heteroatoms. The first-order valence-corrected chi connectivity index (χ1v) is 4.78. The molecular formula is C9H18N2O3. The first-order chi connectivity index (χ1) is 6.37. The summed E-state index contributed by atoms with van der Waals surface area (Å²) < 4.78 is 4.99. The normalized spacial score (nSPS) is 23.6. The maximum Gasteiger partial charge on any atom is 0.528 e. The molecule has 0 aliphatic carbocycles. The second kappa shape index (κ2) is 4.14. The second-order valence-corrected chi connectivity index (χ2v) is 4.49. The smallest absolute Gasteiger partial charge is 0.427 e. The van der Waals surface area contributed by atoms with Crippen LogP contribution in [-0.2, 0) is 9.57 Å². The lowest BCUT2D eigenvalue weighted by atomic mass is 10.2. The first-order valence-electron chi connectivity index (χ1n) is 4.78. The summed E-state index contributed by atoms with van der Waals surface area (Å²) in [5, 5.41) is 1.54. The summed E-state index contributed by atoms with van der Waals surface area (Å²) in [4.78, 5) is 16.1. The largest absolute Gasteiger partial charge is 0.528 e. The maximum absolute atomic E-state index is 11.2. The summed E-state index contributed by atoms with van der Waals surface area (Å²) in [6, 6.07) is 0.0948. The van der Waals surface area contributed by atoms with Crippen molar-refractivity contribution in [1.29, 1.82) is 0 Å². The number of carbonyl (C=O) groups excluding carboxylic acids is 1. The molecule has 1 unspecified atom stereocenters. The lowest BCUT2D eigenvalue weighted by Gasteiger charge is -2.21. The highest BCUT2D eigenvalue weighted by atomic mass is 16.8. The lowest BCUT2D eigenvalue weighted by Crippen LogP contribution is -2.32. The van der Waals surface area contributed by atoms with Crippen molar-refractivity contribution in [3.63, 3.8) is 0 Å². The fourth-order valence-electron chi connectivity index (χ4n) is 1.21. The minimum Gasteiger partial charge on any atom is -0.427 e. The minimum absolute atomic E-state index is 0.0948. The van der Waals surface area contributed by atoms with Crippen LogP contribution in [0.25, 0.3) is 0 Å². The lowest BCUT2D eigenvalue weighted by molar-refractivity contribution is -0.130. The van der Waals surface area contributed by atoms with E-state index in [1.54, 1.807) is 25.8 Å². The third-order valence-electron chi connectivity index (χ3n) is 1.78. The van der Waals surface area contributed by atoms with Crippen LogP contribution in [0.1, 0.15) is 27.2 Å². The molecule has 1 aliphatic rings. The maximum atomic E-state index is 11.2. The van der Waals surface area contributed by atoms with E-state index < -0.39 is 11.8 Å². The summed E-state index contributed by atoms with van der Waals surface area (Å²) in [5.41, 5.74) is 5.14. The van der Waals surface area contributed by atoms with Gasteiger partial charge in [-0.15, -0.1) is 5.06 Å². The van der Waals surface area contributed by atoms with E-state index in [1.807, 2.05) is 0 Å². The van der Waals surface area contributed by atoms with Crippen LogP contribution in [0, 0.1) is 0 Å². The Labute approximate surface area is 84.1 Å². The van der Waals surface area contributed by atoms with E-state index in [9.17, 15) is 4.79 Å². The molecule has 0 bridgehead atoms. The van der Waals surface area contributed by atoms with Crippen molar-refractivity contribution in [2.24, 2.45) is 5.73 Å². The quantitative estimate of drug-likeness (QED) is 0.639. The molecule has 5 nitrogen and oxygen atoms in total. The Hall–Kier alpha value is -0.810. The van der Waals surface area contributed by atoms with E-state index in [0.29, 0.717) is 13.1 Å². The zero-order valence-electron chi connectivity index (χ0n) is 8.95. The van der Waals surface area contributed by atoms with E-state index >= 15 is 0 Å². The van der Waals surface area contributed by atoms with Gasteiger partial charge in [0.2, 0.25) is 0 Å². The number of hydroxylamine groups is 2. The van der Waals surface area contributed by atoms with Crippen LogP contribution in [0.3, 0.4) is 0 Å². The minimum atomic E-state index is -0.661. The van der Waals surface area contributed by atoms with Gasteiger partial charge in [0.05, 0.1) is 6.54 Å². The number of hydrogen-bond donors (Lipinski definition) is 1. The molecule has 82 valence electrons. The first kappa shape index (κ1) is 11.3. The summed E-state index contributed by atoms with van der Waals surface area (Å²) in [7, 11) is 0. The molecule has 1 rings (SSSR count). The monoisotopic (exact) mass is 202 g/mol. The van der Waals surface area contributed by atoms with Gasteiger partial charge in [0.15, 0.2) is 0 Å². The highest BCUT2D eigenvalue weighted by Gasteiger charge is 2.25. The Morgan fingerprint density at radius 2 is 2.14 bits per heavy atom. The fourth-order valence-corrected chi connectivity index (χ4v) is 1.21. The van der Waals surface area contributed by atoms with Crippen LogP contribution < -0.4 is 5.73 Å².